The number of carbonyl (C=O) groups excluding carboxylic acids is 1. The minimum absolute atomic E-state index is 0.0148. The van der Waals surface area contributed by atoms with Gasteiger partial charge in [-0.2, -0.15) is 0 Å². The molecule has 0 aliphatic heterocycles. The summed E-state index contributed by atoms with van der Waals surface area (Å²) in [6.45, 7) is 2.44. The van der Waals surface area contributed by atoms with Gasteiger partial charge in [0.2, 0.25) is 0 Å². The number of thiocarbonyl (C=S) groups is 1. The lowest BCUT2D eigenvalue weighted by Crippen LogP contribution is -2.13. The van der Waals surface area contributed by atoms with Gasteiger partial charge >= 0.3 is 0 Å². The minimum Gasteiger partial charge on any atom is -0.487 e. The van der Waals surface area contributed by atoms with Gasteiger partial charge in [0.1, 0.15) is 0 Å². The Labute approximate surface area is 147 Å². The summed E-state index contributed by atoms with van der Waals surface area (Å²) in [5.74, 6) is 0.0869. The van der Waals surface area contributed by atoms with Crippen molar-refractivity contribution in [2.75, 3.05) is 6.61 Å². The van der Waals surface area contributed by atoms with E-state index in [0.29, 0.717) is 35.1 Å². The fraction of sp³-hybridized carbons (Fsp3) is 0.263. The maximum atomic E-state index is 12.5. The second kappa shape index (κ2) is 8.80. The fourth-order valence-electron chi connectivity index (χ4n) is 2.43. The van der Waals surface area contributed by atoms with Crippen LogP contribution in [0, 0.1) is 0 Å². The fourth-order valence-corrected chi connectivity index (χ4v) is 2.87. The van der Waals surface area contributed by atoms with E-state index in [2.05, 4.69) is 0 Å². The molecule has 0 saturated carbocycles. The highest BCUT2D eigenvalue weighted by atomic mass is 35.5. The lowest BCUT2D eigenvalue weighted by molar-refractivity contribution is 0.0974. The molecule has 0 aliphatic carbocycles. The molecule has 2 nitrogen and oxygen atoms in total. The monoisotopic (exact) mass is 346 g/mol. The van der Waals surface area contributed by atoms with Gasteiger partial charge in [-0.25, -0.2) is 0 Å². The van der Waals surface area contributed by atoms with Crippen molar-refractivity contribution in [2.24, 2.45) is 0 Å². The molecule has 4 heteroatoms. The van der Waals surface area contributed by atoms with Gasteiger partial charge in [-0.15, -0.1) is 0 Å². The summed E-state index contributed by atoms with van der Waals surface area (Å²) < 4.78 is 5.40. The molecule has 0 spiro atoms. The van der Waals surface area contributed by atoms with Crippen LogP contribution in [0.5, 0.6) is 0 Å². The summed E-state index contributed by atoms with van der Waals surface area (Å²) in [6.07, 6.45) is 0.933. The SMILES string of the molecule is CCOC(=S)CC(CC(=O)c1ccccc1)c1ccc(Cl)cc1. The number of carbonyl (C=O) groups is 1. The van der Waals surface area contributed by atoms with Crippen molar-refractivity contribution >= 4 is 34.7 Å². The molecule has 0 N–H and O–H groups in total. The van der Waals surface area contributed by atoms with Crippen LogP contribution in [0.3, 0.4) is 0 Å². The number of ketones is 1. The molecule has 2 rings (SSSR count). The Hall–Kier alpha value is -1.71. The Balaban J connectivity index is 2.17. The molecule has 2 aromatic carbocycles. The van der Waals surface area contributed by atoms with E-state index < -0.39 is 0 Å². The Morgan fingerprint density at radius 3 is 2.35 bits per heavy atom. The van der Waals surface area contributed by atoms with Gasteiger partial charge in [-0.05, 0) is 42.8 Å². The average molecular weight is 347 g/mol. The van der Waals surface area contributed by atoms with Crippen LogP contribution in [0.1, 0.15) is 41.6 Å². The largest absolute Gasteiger partial charge is 0.487 e. The summed E-state index contributed by atoms with van der Waals surface area (Å²) in [5, 5.41) is 1.21. The van der Waals surface area contributed by atoms with E-state index in [0.717, 1.165) is 5.56 Å². The van der Waals surface area contributed by atoms with Crippen LogP contribution < -0.4 is 0 Å². The zero-order valence-corrected chi connectivity index (χ0v) is 14.6. The van der Waals surface area contributed by atoms with Crippen LogP contribution in [0.2, 0.25) is 5.02 Å². The highest BCUT2D eigenvalue weighted by Gasteiger charge is 2.19. The van der Waals surface area contributed by atoms with Crippen molar-refractivity contribution in [3.05, 3.63) is 70.7 Å². The van der Waals surface area contributed by atoms with Gasteiger partial charge in [0.15, 0.2) is 10.8 Å². The molecule has 1 atom stereocenters. The van der Waals surface area contributed by atoms with E-state index in [1.165, 1.54) is 0 Å². The lowest BCUT2D eigenvalue weighted by atomic mass is 9.89. The van der Waals surface area contributed by atoms with Crippen LogP contribution in [0.4, 0.5) is 0 Å². The van der Waals surface area contributed by atoms with Gasteiger partial charge < -0.3 is 4.74 Å². The van der Waals surface area contributed by atoms with E-state index in [1.54, 1.807) is 0 Å². The molecule has 23 heavy (non-hydrogen) atoms. The third kappa shape index (κ3) is 5.45. The molecule has 120 valence electrons. The molecule has 0 saturated heterocycles. The number of hydrogen-bond donors (Lipinski definition) is 0. The first-order valence-electron chi connectivity index (χ1n) is 7.59. The van der Waals surface area contributed by atoms with Gasteiger partial charge in [-0.1, -0.05) is 54.1 Å². The van der Waals surface area contributed by atoms with Crippen molar-refractivity contribution in [1.29, 1.82) is 0 Å². The summed E-state index contributed by atoms with van der Waals surface area (Å²) in [7, 11) is 0. The zero-order chi connectivity index (χ0) is 16.7. The summed E-state index contributed by atoms with van der Waals surface area (Å²) in [6, 6.07) is 16.9. The zero-order valence-electron chi connectivity index (χ0n) is 13.0. The number of benzene rings is 2. The van der Waals surface area contributed by atoms with E-state index in [1.807, 2.05) is 61.5 Å². The molecule has 0 aromatic heterocycles. The molecule has 1 unspecified atom stereocenters. The molecule has 0 fully saturated rings. The van der Waals surface area contributed by atoms with Crippen molar-refractivity contribution < 1.29 is 9.53 Å². The first kappa shape index (κ1) is 17.6. The van der Waals surface area contributed by atoms with Gasteiger partial charge in [0.25, 0.3) is 0 Å². The molecule has 0 amide bonds. The molecular weight excluding hydrogens is 328 g/mol. The number of Topliss-reactive ketones (excluding diaryl/α,β-unsaturated/α-hetero) is 1. The quantitative estimate of drug-likeness (QED) is 0.492. The van der Waals surface area contributed by atoms with Gasteiger partial charge in [0, 0.05) is 23.4 Å². The molecular formula is C19H19ClO2S. The minimum atomic E-state index is -0.0148. The lowest BCUT2D eigenvalue weighted by Gasteiger charge is -2.17. The van der Waals surface area contributed by atoms with Gasteiger partial charge in [-0.3, -0.25) is 4.79 Å². The van der Waals surface area contributed by atoms with Crippen LogP contribution >= 0.6 is 23.8 Å². The predicted molar refractivity (Wildman–Crippen MR) is 98.4 cm³/mol. The molecule has 0 bridgehead atoms. The third-order valence-corrected chi connectivity index (χ3v) is 4.12. The van der Waals surface area contributed by atoms with E-state index in [9.17, 15) is 4.79 Å². The normalized spacial score (nSPS) is 11.7. The topological polar surface area (TPSA) is 26.3 Å². The molecule has 0 radical (unpaired) electrons. The number of hydrogen-bond acceptors (Lipinski definition) is 3. The highest BCUT2D eigenvalue weighted by Crippen LogP contribution is 2.27. The number of halogens is 1. The molecule has 0 heterocycles. The molecule has 2 aromatic rings. The van der Waals surface area contributed by atoms with Crippen LogP contribution in [0.15, 0.2) is 54.6 Å². The van der Waals surface area contributed by atoms with Crippen molar-refractivity contribution in [2.45, 2.75) is 25.7 Å². The van der Waals surface area contributed by atoms with E-state index in [-0.39, 0.29) is 11.7 Å². The second-order valence-corrected chi connectivity index (χ2v) is 6.14. The number of ether oxygens (including phenoxy) is 1. The average Bonchev–Trinajstić information content (AvgIpc) is 2.56. The van der Waals surface area contributed by atoms with Crippen LogP contribution in [0.25, 0.3) is 0 Å². The highest BCUT2D eigenvalue weighted by molar-refractivity contribution is 7.80. The Morgan fingerprint density at radius 2 is 1.74 bits per heavy atom. The van der Waals surface area contributed by atoms with E-state index >= 15 is 0 Å². The van der Waals surface area contributed by atoms with Crippen molar-refractivity contribution in [3.63, 3.8) is 0 Å². The first-order chi connectivity index (χ1) is 11.1. The van der Waals surface area contributed by atoms with E-state index in [4.69, 9.17) is 28.6 Å². The number of rotatable bonds is 7. The maximum Gasteiger partial charge on any atom is 0.163 e. The Kier molecular flexibility index (Phi) is 6.75. The summed E-state index contributed by atoms with van der Waals surface area (Å²) in [4.78, 5) is 12.5. The first-order valence-corrected chi connectivity index (χ1v) is 8.38. The van der Waals surface area contributed by atoms with Crippen LogP contribution in [-0.2, 0) is 4.74 Å². The predicted octanol–water partition coefficient (Wildman–Crippen LogP) is 5.45. The molecule has 0 aliphatic rings. The smallest absolute Gasteiger partial charge is 0.163 e. The third-order valence-electron chi connectivity index (χ3n) is 3.59. The Bertz CT molecular complexity index is 653. The summed E-state index contributed by atoms with van der Waals surface area (Å²) >= 11 is 11.2. The standard InChI is InChI=1S/C19H19ClO2S/c1-2-22-19(23)13-16(14-8-10-17(20)11-9-14)12-18(21)15-6-4-3-5-7-15/h3-11,16H,2,12-13H2,1H3. The Morgan fingerprint density at radius 1 is 1.09 bits per heavy atom. The summed E-state index contributed by atoms with van der Waals surface area (Å²) in [5.41, 5.74) is 1.76. The maximum absolute atomic E-state index is 12.5. The van der Waals surface area contributed by atoms with Crippen LogP contribution in [-0.4, -0.2) is 17.4 Å². The second-order valence-electron chi connectivity index (χ2n) is 5.25. The van der Waals surface area contributed by atoms with Gasteiger partial charge in [0.05, 0.1) is 6.61 Å². The van der Waals surface area contributed by atoms with Crippen molar-refractivity contribution in [3.8, 4) is 0 Å². The van der Waals surface area contributed by atoms with Crippen molar-refractivity contribution in [1.82, 2.24) is 0 Å².